The summed E-state index contributed by atoms with van der Waals surface area (Å²) in [6, 6.07) is 14.9. The number of nitrogens with one attached hydrogen (secondary N) is 1. The summed E-state index contributed by atoms with van der Waals surface area (Å²) in [7, 11) is 0. The van der Waals surface area contributed by atoms with Crippen molar-refractivity contribution in [1.29, 1.82) is 0 Å². The number of aromatic hydroxyl groups is 1. The summed E-state index contributed by atoms with van der Waals surface area (Å²) in [5, 5.41) is 13.4. The van der Waals surface area contributed by atoms with Crippen molar-refractivity contribution in [3.8, 4) is 5.75 Å². The van der Waals surface area contributed by atoms with Crippen LogP contribution in [0.1, 0.15) is 36.3 Å². The smallest absolute Gasteiger partial charge is 0.221 e. The lowest BCUT2D eigenvalue weighted by atomic mass is 9.88. The van der Waals surface area contributed by atoms with Crippen LogP contribution in [0.25, 0.3) is 0 Å². The summed E-state index contributed by atoms with van der Waals surface area (Å²) in [6.45, 7) is 0. The van der Waals surface area contributed by atoms with E-state index in [9.17, 15) is 9.90 Å². The molecule has 22 heavy (non-hydrogen) atoms. The zero-order valence-corrected chi connectivity index (χ0v) is 12.9. The normalized spacial score (nSPS) is 15.3. The van der Waals surface area contributed by atoms with E-state index in [0.717, 1.165) is 24.0 Å². The van der Waals surface area contributed by atoms with Crippen molar-refractivity contribution in [2.75, 3.05) is 0 Å². The molecule has 114 valence electrons. The maximum atomic E-state index is 12.2. The Morgan fingerprint density at radius 3 is 2.68 bits per heavy atom. The van der Waals surface area contributed by atoms with Crippen molar-refractivity contribution in [3.05, 3.63) is 64.7 Å². The zero-order valence-electron chi connectivity index (χ0n) is 12.1. The fourth-order valence-corrected chi connectivity index (χ4v) is 2.87. The summed E-state index contributed by atoms with van der Waals surface area (Å²) in [5.41, 5.74) is 1.79. The largest absolute Gasteiger partial charge is 0.508 e. The van der Waals surface area contributed by atoms with Crippen molar-refractivity contribution in [2.24, 2.45) is 0 Å². The van der Waals surface area contributed by atoms with Gasteiger partial charge in [0.25, 0.3) is 0 Å². The van der Waals surface area contributed by atoms with Crippen LogP contribution in [0.2, 0.25) is 5.02 Å². The lowest BCUT2D eigenvalue weighted by Crippen LogP contribution is -2.27. The molecule has 3 rings (SSSR count). The first-order valence-electron chi connectivity index (χ1n) is 7.46. The Hall–Kier alpha value is -2.00. The number of hydrogen-bond donors (Lipinski definition) is 2. The number of phenolic OH excluding ortho intramolecular Hbond substituents is 1. The monoisotopic (exact) mass is 315 g/mol. The second-order valence-corrected chi connectivity index (χ2v) is 6.12. The van der Waals surface area contributed by atoms with Gasteiger partial charge in [-0.2, -0.15) is 0 Å². The molecule has 1 atom stereocenters. The fourth-order valence-electron chi connectivity index (χ4n) is 2.61. The highest BCUT2D eigenvalue weighted by Gasteiger charge is 2.26. The number of rotatable bonds is 5. The molecule has 2 N–H and O–H groups in total. The van der Waals surface area contributed by atoms with Crippen molar-refractivity contribution in [3.63, 3.8) is 0 Å². The standard InChI is InChI=1S/C18H18ClNO2/c19-17-7-2-1-6-15(17)16(11-18(22)20-13-8-9-13)12-4-3-5-14(21)10-12/h1-7,10,13,16,21H,8-9,11H2,(H,20,22)/t16-/m0/s1. The third-order valence-electron chi connectivity index (χ3n) is 3.89. The molecule has 1 aliphatic rings. The molecule has 0 heterocycles. The van der Waals surface area contributed by atoms with Gasteiger partial charge < -0.3 is 10.4 Å². The van der Waals surface area contributed by atoms with Crippen LogP contribution in [0.4, 0.5) is 0 Å². The summed E-state index contributed by atoms with van der Waals surface area (Å²) < 4.78 is 0. The average Bonchev–Trinajstić information content (AvgIpc) is 3.29. The Kier molecular flexibility index (Phi) is 4.34. The first kappa shape index (κ1) is 14.9. The summed E-state index contributed by atoms with van der Waals surface area (Å²) in [5.74, 6) is 0.0486. The average molecular weight is 316 g/mol. The molecule has 0 aliphatic heterocycles. The topological polar surface area (TPSA) is 49.3 Å². The molecule has 0 bridgehead atoms. The molecule has 2 aromatic rings. The Labute approximate surface area is 134 Å². The Morgan fingerprint density at radius 2 is 2.00 bits per heavy atom. The quantitative estimate of drug-likeness (QED) is 0.880. The summed E-state index contributed by atoms with van der Waals surface area (Å²) in [6.07, 6.45) is 2.45. The maximum Gasteiger partial charge on any atom is 0.221 e. The Balaban J connectivity index is 1.90. The minimum Gasteiger partial charge on any atom is -0.508 e. The molecular formula is C18H18ClNO2. The number of carbonyl (C=O) groups is 1. The second kappa shape index (κ2) is 6.41. The predicted octanol–water partition coefficient (Wildman–Crippen LogP) is 3.85. The second-order valence-electron chi connectivity index (χ2n) is 5.71. The predicted molar refractivity (Wildman–Crippen MR) is 87.2 cm³/mol. The van der Waals surface area contributed by atoms with Crippen LogP contribution >= 0.6 is 11.6 Å². The first-order valence-corrected chi connectivity index (χ1v) is 7.84. The molecule has 1 fully saturated rings. The van der Waals surface area contributed by atoms with Gasteiger partial charge in [0.05, 0.1) is 0 Å². The zero-order chi connectivity index (χ0) is 15.5. The van der Waals surface area contributed by atoms with Crippen molar-refractivity contribution in [1.82, 2.24) is 5.32 Å². The third-order valence-corrected chi connectivity index (χ3v) is 4.23. The van der Waals surface area contributed by atoms with E-state index >= 15 is 0 Å². The number of phenols is 1. The fraction of sp³-hybridized carbons (Fsp3) is 0.278. The Bertz CT molecular complexity index is 682. The SMILES string of the molecule is O=C(C[C@@H](c1cccc(O)c1)c1ccccc1Cl)NC1CC1. The molecule has 1 aliphatic carbocycles. The number of carbonyl (C=O) groups excluding carboxylic acids is 1. The van der Waals surface area contributed by atoms with Crippen LogP contribution in [0.15, 0.2) is 48.5 Å². The van der Waals surface area contributed by atoms with E-state index in [1.165, 1.54) is 0 Å². The number of halogens is 1. The van der Waals surface area contributed by atoms with Crippen LogP contribution in [-0.4, -0.2) is 17.1 Å². The van der Waals surface area contributed by atoms with Gasteiger partial charge in [0.2, 0.25) is 5.91 Å². The van der Waals surface area contributed by atoms with Gasteiger partial charge in [-0.25, -0.2) is 0 Å². The van der Waals surface area contributed by atoms with E-state index in [-0.39, 0.29) is 17.6 Å². The molecule has 0 unspecified atom stereocenters. The first-order chi connectivity index (χ1) is 10.6. The van der Waals surface area contributed by atoms with Crippen LogP contribution in [-0.2, 0) is 4.79 Å². The summed E-state index contributed by atoms with van der Waals surface area (Å²) in [4.78, 5) is 12.2. The van der Waals surface area contributed by atoms with Gasteiger partial charge in [0, 0.05) is 23.4 Å². The molecule has 1 saturated carbocycles. The van der Waals surface area contributed by atoms with Crippen molar-refractivity contribution < 1.29 is 9.90 Å². The maximum absolute atomic E-state index is 12.2. The van der Waals surface area contributed by atoms with Gasteiger partial charge in [-0.05, 0) is 42.2 Å². The van der Waals surface area contributed by atoms with E-state index in [2.05, 4.69) is 5.32 Å². The van der Waals surface area contributed by atoms with Gasteiger partial charge in [-0.1, -0.05) is 41.9 Å². The molecule has 0 saturated heterocycles. The lowest BCUT2D eigenvalue weighted by molar-refractivity contribution is -0.121. The van der Waals surface area contributed by atoms with Crippen LogP contribution < -0.4 is 5.32 Å². The van der Waals surface area contributed by atoms with Crippen molar-refractivity contribution in [2.45, 2.75) is 31.2 Å². The molecule has 4 heteroatoms. The number of amides is 1. The van der Waals surface area contributed by atoms with E-state index in [1.807, 2.05) is 30.3 Å². The van der Waals surface area contributed by atoms with Gasteiger partial charge in [-0.15, -0.1) is 0 Å². The molecule has 0 spiro atoms. The minimum absolute atomic E-state index is 0.0239. The van der Waals surface area contributed by atoms with E-state index in [4.69, 9.17) is 11.6 Å². The highest BCUT2D eigenvalue weighted by molar-refractivity contribution is 6.31. The summed E-state index contributed by atoms with van der Waals surface area (Å²) >= 11 is 6.32. The molecule has 0 radical (unpaired) electrons. The molecule has 0 aromatic heterocycles. The molecular weight excluding hydrogens is 298 g/mol. The molecule has 2 aromatic carbocycles. The van der Waals surface area contributed by atoms with E-state index < -0.39 is 0 Å². The lowest BCUT2D eigenvalue weighted by Gasteiger charge is -2.19. The van der Waals surface area contributed by atoms with Crippen molar-refractivity contribution >= 4 is 17.5 Å². The van der Waals surface area contributed by atoms with Gasteiger partial charge in [0.15, 0.2) is 0 Å². The van der Waals surface area contributed by atoms with Crippen LogP contribution in [0.5, 0.6) is 5.75 Å². The minimum atomic E-state index is -0.167. The highest BCUT2D eigenvalue weighted by Crippen LogP contribution is 2.34. The van der Waals surface area contributed by atoms with Gasteiger partial charge >= 0.3 is 0 Å². The molecule has 3 nitrogen and oxygen atoms in total. The number of hydrogen-bond acceptors (Lipinski definition) is 2. The van der Waals surface area contributed by atoms with E-state index in [1.54, 1.807) is 18.2 Å². The third kappa shape index (κ3) is 3.60. The van der Waals surface area contributed by atoms with E-state index in [0.29, 0.717) is 17.5 Å². The van der Waals surface area contributed by atoms with Gasteiger partial charge in [0.1, 0.15) is 5.75 Å². The molecule has 1 amide bonds. The Morgan fingerprint density at radius 1 is 1.23 bits per heavy atom. The highest BCUT2D eigenvalue weighted by atomic mass is 35.5. The number of benzene rings is 2. The van der Waals surface area contributed by atoms with Gasteiger partial charge in [-0.3, -0.25) is 4.79 Å². The van der Waals surface area contributed by atoms with Crippen LogP contribution in [0.3, 0.4) is 0 Å². The van der Waals surface area contributed by atoms with Crippen LogP contribution in [0, 0.1) is 0 Å².